The number of hydrogen-bond donors (Lipinski definition) is 2. The van der Waals surface area contributed by atoms with Gasteiger partial charge in [0, 0.05) is 42.8 Å². The molecule has 5 nitrogen and oxygen atoms in total. The van der Waals surface area contributed by atoms with E-state index in [0.717, 1.165) is 23.7 Å². The lowest BCUT2D eigenvalue weighted by molar-refractivity contribution is 0.742. The number of unbranched alkanes of at least 4 members (excludes halogenated alkanes) is 2. The molecule has 0 radical (unpaired) electrons. The fourth-order valence-electron chi connectivity index (χ4n) is 3.17. The predicted octanol–water partition coefficient (Wildman–Crippen LogP) is 4.73. The van der Waals surface area contributed by atoms with E-state index in [2.05, 4.69) is 56.7 Å². The van der Waals surface area contributed by atoms with Gasteiger partial charge in [-0.05, 0) is 50.5 Å². The molecule has 1 aromatic heterocycles. The maximum atomic E-state index is 4.58. The lowest BCUT2D eigenvalue weighted by Gasteiger charge is -2.18. The first-order valence-electron chi connectivity index (χ1n) is 9.46. The van der Waals surface area contributed by atoms with Crippen LogP contribution < -0.4 is 15.5 Å². The molecular formula is C20H29N5. The highest BCUT2D eigenvalue weighted by Gasteiger charge is 2.12. The second-order valence-electron chi connectivity index (χ2n) is 6.72. The zero-order chi connectivity index (χ0) is 17.5. The minimum Gasteiger partial charge on any atom is -0.372 e. The highest BCUT2D eigenvalue weighted by atomic mass is 15.2. The minimum absolute atomic E-state index is 0.645. The van der Waals surface area contributed by atoms with Gasteiger partial charge in [0.1, 0.15) is 5.82 Å². The summed E-state index contributed by atoms with van der Waals surface area (Å²) in [6, 6.07) is 10.6. The quantitative estimate of drug-likeness (QED) is 0.681. The van der Waals surface area contributed by atoms with Gasteiger partial charge in [0.2, 0.25) is 5.95 Å². The van der Waals surface area contributed by atoms with Crippen molar-refractivity contribution in [2.24, 2.45) is 0 Å². The van der Waals surface area contributed by atoms with Gasteiger partial charge in [0.15, 0.2) is 0 Å². The Morgan fingerprint density at radius 3 is 2.52 bits per heavy atom. The highest BCUT2D eigenvalue weighted by Crippen LogP contribution is 2.23. The van der Waals surface area contributed by atoms with E-state index in [9.17, 15) is 0 Å². The van der Waals surface area contributed by atoms with Crippen LogP contribution in [0.3, 0.4) is 0 Å². The van der Waals surface area contributed by atoms with Crippen LogP contribution in [0.5, 0.6) is 0 Å². The van der Waals surface area contributed by atoms with Crippen LogP contribution in [0.25, 0.3) is 0 Å². The molecule has 5 heteroatoms. The Labute approximate surface area is 150 Å². The summed E-state index contributed by atoms with van der Waals surface area (Å²) in [7, 11) is 0. The molecule has 25 heavy (non-hydrogen) atoms. The van der Waals surface area contributed by atoms with Gasteiger partial charge in [-0.2, -0.15) is 4.98 Å². The summed E-state index contributed by atoms with van der Waals surface area (Å²) in [5.74, 6) is 1.53. The Kier molecular flexibility index (Phi) is 6.09. The molecule has 0 atom stereocenters. The molecule has 0 amide bonds. The molecular weight excluding hydrogens is 310 g/mol. The van der Waals surface area contributed by atoms with E-state index in [1.807, 2.05) is 13.0 Å². The van der Waals surface area contributed by atoms with Gasteiger partial charge in [0.25, 0.3) is 0 Å². The molecule has 1 aliphatic rings. The van der Waals surface area contributed by atoms with Gasteiger partial charge in [0.05, 0.1) is 0 Å². The number of hydrogen-bond acceptors (Lipinski definition) is 5. The fourth-order valence-corrected chi connectivity index (χ4v) is 3.17. The number of rotatable bonds is 8. The van der Waals surface area contributed by atoms with Crippen LogP contribution in [0.4, 0.5) is 23.1 Å². The average Bonchev–Trinajstić information content (AvgIpc) is 3.14. The van der Waals surface area contributed by atoms with Crippen LogP contribution >= 0.6 is 0 Å². The van der Waals surface area contributed by atoms with Crippen molar-refractivity contribution in [1.29, 1.82) is 0 Å². The Balaban J connectivity index is 1.62. The van der Waals surface area contributed by atoms with Gasteiger partial charge in [-0.15, -0.1) is 0 Å². The molecule has 0 saturated carbocycles. The van der Waals surface area contributed by atoms with E-state index < -0.39 is 0 Å². The lowest BCUT2D eigenvalue weighted by atomic mass is 10.2. The van der Waals surface area contributed by atoms with Crippen molar-refractivity contribution in [2.75, 3.05) is 35.2 Å². The minimum atomic E-state index is 0.645. The number of benzene rings is 1. The Bertz CT molecular complexity index is 662. The Morgan fingerprint density at radius 2 is 1.80 bits per heavy atom. The molecule has 2 heterocycles. The molecule has 0 unspecified atom stereocenters. The molecule has 2 aromatic rings. The second-order valence-corrected chi connectivity index (χ2v) is 6.72. The molecule has 1 aromatic carbocycles. The number of aryl methyl sites for hydroxylation is 1. The smallest absolute Gasteiger partial charge is 0.229 e. The number of anilines is 4. The van der Waals surface area contributed by atoms with Gasteiger partial charge in [-0.1, -0.05) is 19.8 Å². The summed E-state index contributed by atoms with van der Waals surface area (Å²) < 4.78 is 0. The normalized spacial score (nSPS) is 13.9. The average molecular weight is 339 g/mol. The summed E-state index contributed by atoms with van der Waals surface area (Å²) in [6.45, 7) is 7.50. The molecule has 1 saturated heterocycles. The van der Waals surface area contributed by atoms with Crippen LogP contribution in [0, 0.1) is 6.92 Å². The first-order chi connectivity index (χ1) is 12.2. The summed E-state index contributed by atoms with van der Waals surface area (Å²) >= 11 is 0. The molecule has 0 bridgehead atoms. The second kappa shape index (κ2) is 8.70. The molecule has 0 spiro atoms. The van der Waals surface area contributed by atoms with Gasteiger partial charge >= 0.3 is 0 Å². The maximum Gasteiger partial charge on any atom is 0.229 e. The van der Waals surface area contributed by atoms with E-state index in [1.165, 1.54) is 50.9 Å². The zero-order valence-corrected chi connectivity index (χ0v) is 15.4. The monoisotopic (exact) mass is 339 g/mol. The topological polar surface area (TPSA) is 53.1 Å². The van der Waals surface area contributed by atoms with Crippen molar-refractivity contribution >= 4 is 23.1 Å². The van der Waals surface area contributed by atoms with Crippen LogP contribution in [-0.4, -0.2) is 29.6 Å². The van der Waals surface area contributed by atoms with Crippen molar-refractivity contribution in [3.8, 4) is 0 Å². The van der Waals surface area contributed by atoms with Crippen molar-refractivity contribution in [2.45, 2.75) is 46.0 Å². The van der Waals surface area contributed by atoms with Crippen molar-refractivity contribution in [1.82, 2.24) is 9.97 Å². The first-order valence-corrected chi connectivity index (χ1v) is 9.46. The molecule has 2 N–H and O–H groups in total. The SMILES string of the molecule is CCCCCNc1cc(C)nc(Nc2ccc(N3CCCC3)cc2)n1. The van der Waals surface area contributed by atoms with Crippen molar-refractivity contribution in [3.05, 3.63) is 36.0 Å². The van der Waals surface area contributed by atoms with Crippen LogP contribution in [0.15, 0.2) is 30.3 Å². The molecule has 1 fully saturated rings. The number of aromatic nitrogens is 2. The summed E-state index contributed by atoms with van der Waals surface area (Å²) in [6.07, 6.45) is 6.23. The summed E-state index contributed by atoms with van der Waals surface area (Å²) in [5.41, 5.74) is 3.28. The van der Waals surface area contributed by atoms with E-state index in [4.69, 9.17) is 0 Å². The van der Waals surface area contributed by atoms with Crippen LogP contribution in [0.2, 0.25) is 0 Å². The predicted molar refractivity (Wildman–Crippen MR) is 106 cm³/mol. The summed E-state index contributed by atoms with van der Waals surface area (Å²) in [5, 5.41) is 6.72. The molecule has 134 valence electrons. The fraction of sp³-hybridized carbons (Fsp3) is 0.500. The van der Waals surface area contributed by atoms with Crippen LogP contribution in [-0.2, 0) is 0 Å². The third kappa shape index (κ3) is 5.08. The van der Waals surface area contributed by atoms with Gasteiger partial charge in [-0.3, -0.25) is 0 Å². The number of nitrogens with zero attached hydrogens (tertiary/aromatic N) is 3. The lowest BCUT2D eigenvalue weighted by Crippen LogP contribution is -2.17. The van der Waals surface area contributed by atoms with Crippen molar-refractivity contribution < 1.29 is 0 Å². The zero-order valence-electron chi connectivity index (χ0n) is 15.4. The van der Waals surface area contributed by atoms with E-state index in [1.54, 1.807) is 0 Å². The maximum absolute atomic E-state index is 4.58. The standard InChI is InChI=1S/C20H29N5/c1-3-4-5-12-21-19-15-16(2)22-20(24-19)23-17-8-10-18(11-9-17)25-13-6-7-14-25/h8-11,15H,3-7,12-14H2,1-2H3,(H2,21,22,23,24). The molecule has 0 aliphatic carbocycles. The summed E-state index contributed by atoms with van der Waals surface area (Å²) in [4.78, 5) is 11.5. The Morgan fingerprint density at radius 1 is 1.04 bits per heavy atom. The molecule has 3 rings (SSSR count). The van der Waals surface area contributed by atoms with Crippen LogP contribution in [0.1, 0.15) is 44.7 Å². The van der Waals surface area contributed by atoms with Crippen molar-refractivity contribution in [3.63, 3.8) is 0 Å². The third-order valence-electron chi connectivity index (χ3n) is 4.54. The van der Waals surface area contributed by atoms with Gasteiger partial charge < -0.3 is 15.5 Å². The third-order valence-corrected chi connectivity index (χ3v) is 4.54. The largest absolute Gasteiger partial charge is 0.372 e. The number of nitrogens with one attached hydrogen (secondary N) is 2. The van der Waals surface area contributed by atoms with E-state index in [-0.39, 0.29) is 0 Å². The molecule has 1 aliphatic heterocycles. The first kappa shape index (κ1) is 17.5. The van der Waals surface area contributed by atoms with E-state index in [0.29, 0.717) is 5.95 Å². The highest BCUT2D eigenvalue weighted by molar-refractivity contribution is 5.60. The van der Waals surface area contributed by atoms with E-state index >= 15 is 0 Å². The van der Waals surface area contributed by atoms with Gasteiger partial charge in [-0.25, -0.2) is 4.98 Å². The Hall–Kier alpha value is -2.30.